The molecule has 35 heavy (non-hydrogen) atoms. The van der Waals surface area contributed by atoms with Gasteiger partial charge in [-0.15, -0.1) is 4.73 Å². The summed E-state index contributed by atoms with van der Waals surface area (Å²) in [6.45, 7) is 0. The van der Waals surface area contributed by atoms with Gasteiger partial charge in [0.1, 0.15) is 5.75 Å². The van der Waals surface area contributed by atoms with Crippen molar-refractivity contribution in [3.8, 4) is 17.5 Å². The molecule has 0 atom stereocenters. The third-order valence-corrected chi connectivity index (χ3v) is 7.59. The minimum Gasteiger partial charge on any atom is -0.492 e. The summed E-state index contributed by atoms with van der Waals surface area (Å²) in [6.07, 6.45) is 0.102. The zero-order valence-electron chi connectivity index (χ0n) is 18.8. The Kier molecular flexibility index (Phi) is 7.81. The molecular formula is C27H24NO6P. The monoisotopic (exact) mass is 489 g/mol. The quantitative estimate of drug-likeness (QED) is 0.213. The molecular weight excluding hydrogens is 465 g/mol. The van der Waals surface area contributed by atoms with Gasteiger partial charge in [0.25, 0.3) is 0 Å². The normalized spacial score (nSPS) is 10.8. The highest BCUT2D eigenvalue weighted by Gasteiger charge is 2.21. The number of para-hydroxylation sites is 1. The molecule has 2 N–H and O–H groups in total. The lowest BCUT2D eigenvalue weighted by Crippen LogP contribution is -2.23. The summed E-state index contributed by atoms with van der Waals surface area (Å²) in [6, 6.07) is 30.1. The minimum absolute atomic E-state index is 0.00166. The van der Waals surface area contributed by atoms with E-state index in [0.717, 1.165) is 15.9 Å². The molecule has 0 saturated heterocycles. The summed E-state index contributed by atoms with van der Waals surface area (Å²) >= 11 is 0. The highest BCUT2D eigenvalue weighted by atomic mass is 31.1. The molecule has 0 radical (unpaired) electrons. The lowest BCUT2D eigenvalue weighted by atomic mass is 10.2. The first-order valence-electron chi connectivity index (χ1n) is 11.0. The van der Waals surface area contributed by atoms with Gasteiger partial charge in [-0.3, -0.25) is 4.79 Å². The van der Waals surface area contributed by atoms with E-state index in [1.165, 1.54) is 12.1 Å². The van der Waals surface area contributed by atoms with E-state index in [4.69, 9.17) is 9.57 Å². The van der Waals surface area contributed by atoms with E-state index in [-0.39, 0.29) is 19.3 Å². The fourth-order valence-corrected chi connectivity index (χ4v) is 5.87. The molecule has 1 heterocycles. The average Bonchev–Trinajstić information content (AvgIpc) is 3.18. The lowest BCUT2D eigenvalue weighted by Gasteiger charge is -2.21. The minimum atomic E-state index is -0.952. The SMILES string of the molecule is O=C(CCCC(=O)On1c(O)ccc1O)Oc1ccccc1P(c1ccccc1)c1ccccc1. The van der Waals surface area contributed by atoms with Gasteiger partial charge in [-0.1, -0.05) is 78.9 Å². The molecule has 0 saturated carbocycles. The van der Waals surface area contributed by atoms with Gasteiger partial charge in [-0.25, -0.2) is 4.79 Å². The van der Waals surface area contributed by atoms with E-state index >= 15 is 0 Å². The summed E-state index contributed by atoms with van der Waals surface area (Å²) in [4.78, 5) is 29.5. The van der Waals surface area contributed by atoms with Crippen LogP contribution in [0.2, 0.25) is 0 Å². The van der Waals surface area contributed by atoms with Gasteiger partial charge >= 0.3 is 11.9 Å². The Bertz CT molecular complexity index is 1230. The summed E-state index contributed by atoms with van der Waals surface area (Å²) in [5.74, 6) is -1.48. The second-order valence-corrected chi connectivity index (χ2v) is 9.79. The Morgan fingerprint density at radius 3 is 1.80 bits per heavy atom. The number of hydrogen-bond donors (Lipinski definition) is 2. The van der Waals surface area contributed by atoms with Crippen LogP contribution in [0.3, 0.4) is 0 Å². The Morgan fingerprint density at radius 2 is 1.20 bits per heavy atom. The van der Waals surface area contributed by atoms with Gasteiger partial charge in [-0.2, -0.15) is 0 Å². The zero-order valence-corrected chi connectivity index (χ0v) is 19.7. The molecule has 3 aromatic carbocycles. The molecule has 0 bridgehead atoms. The molecule has 4 aromatic rings. The van der Waals surface area contributed by atoms with E-state index in [0.29, 0.717) is 10.5 Å². The zero-order chi connectivity index (χ0) is 24.6. The molecule has 4 rings (SSSR count). The van der Waals surface area contributed by atoms with Crippen LogP contribution in [0, 0.1) is 0 Å². The van der Waals surface area contributed by atoms with Crippen LogP contribution in [0.4, 0.5) is 0 Å². The number of rotatable bonds is 9. The van der Waals surface area contributed by atoms with Crippen LogP contribution < -0.4 is 25.5 Å². The summed E-state index contributed by atoms with van der Waals surface area (Å²) in [5, 5.41) is 22.3. The highest BCUT2D eigenvalue weighted by molar-refractivity contribution is 7.80. The maximum atomic E-state index is 12.6. The number of carbonyl (C=O) groups is 2. The predicted octanol–water partition coefficient (Wildman–Crippen LogP) is 3.39. The van der Waals surface area contributed by atoms with E-state index in [2.05, 4.69) is 24.3 Å². The number of aromatic hydroxyl groups is 2. The first-order chi connectivity index (χ1) is 17.0. The first kappa shape index (κ1) is 24.0. The standard InChI is InChI=1S/C27H24NO6P/c29-24-18-19-25(30)28(24)34-27(32)17-9-16-26(31)33-22-14-7-8-15-23(22)35(20-10-3-1-4-11-20)21-12-5-2-6-13-21/h1-8,10-15,18-19,29-30H,9,16-17H2. The maximum Gasteiger partial charge on any atom is 0.333 e. The Hall–Kier alpha value is -4.09. The molecule has 7 nitrogen and oxygen atoms in total. The number of hydrogen-bond acceptors (Lipinski definition) is 6. The molecule has 0 aliphatic carbocycles. The molecule has 0 spiro atoms. The van der Waals surface area contributed by atoms with Crippen LogP contribution in [0.5, 0.6) is 17.5 Å². The first-order valence-corrected chi connectivity index (χ1v) is 12.4. The van der Waals surface area contributed by atoms with Crippen LogP contribution in [0.1, 0.15) is 19.3 Å². The van der Waals surface area contributed by atoms with Crippen molar-refractivity contribution in [3.63, 3.8) is 0 Å². The molecule has 0 fully saturated rings. The van der Waals surface area contributed by atoms with E-state index in [1.54, 1.807) is 6.07 Å². The van der Waals surface area contributed by atoms with E-state index < -0.39 is 31.6 Å². The van der Waals surface area contributed by atoms with Gasteiger partial charge < -0.3 is 19.8 Å². The van der Waals surface area contributed by atoms with Crippen molar-refractivity contribution in [3.05, 3.63) is 97.1 Å². The van der Waals surface area contributed by atoms with Crippen LogP contribution in [-0.2, 0) is 9.59 Å². The second-order valence-electron chi connectivity index (χ2n) is 7.61. The Labute approximate surface area is 203 Å². The van der Waals surface area contributed by atoms with Crippen molar-refractivity contribution in [2.75, 3.05) is 0 Å². The van der Waals surface area contributed by atoms with Crippen molar-refractivity contribution in [2.45, 2.75) is 19.3 Å². The summed E-state index contributed by atoms with van der Waals surface area (Å²) in [5.41, 5.74) is 0. The van der Waals surface area contributed by atoms with Gasteiger partial charge in [0.2, 0.25) is 11.8 Å². The fourth-order valence-electron chi connectivity index (χ4n) is 3.50. The number of carbonyl (C=O) groups excluding carboxylic acids is 2. The van der Waals surface area contributed by atoms with Crippen molar-refractivity contribution in [2.24, 2.45) is 0 Å². The van der Waals surface area contributed by atoms with Crippen LogP contribution >= 0.6 is 7.92 Å². The lowest BCUT2D eigenvalue weighted by molar-refractivity contribution is -0.145. The summed E-state index contributed by atoms with van der Waals surface area (Å²) in [7, 11) is -0.952. The molecule has 178 valence electrons. The van der Waals surface area contributed by atoms with Crippen molar-refractivity contribution >= 4 is 35.8 Å². The maximum absolute atomic E-state index is 12.6. The third-order valence-electron chi connectivity index (χ3n) is 5.11. The van der Waals surface area contributed by atoms with Crippen molar-refractivity contribution in [1.29, 1.82) is 0 Å². The van der Waals surface area contributed by atoms with Crippen molar-refractivity contribution < 1.29 is 29.4 Å². The predicted molar refractivity (Wildman–Crippen MR) is 134 cm³/mol. The molecule has 0 aliphatic heterocycles. The average molecular weight is 489 g/mol. The fraction of sp³-hybridized carbons (Fsp3) is 0.111. The smallest absolute Gasteiger partial charge is 0.333 e. The Morgan fingerprint density at radius 1 is 0.686 bits per heavy atom. The van der Waals surface area contributed by atoms with Crippen LogP contribution in [0.25, 0.3) is 0 Å². The number of ether oxygens (including phenoxy) is 1. The van der Waals surface area contributed by atoms with Crippen LogP contribution in [-0.4, -0.2) is 26.9 Å². The van der Waals surface area contributed by atoms with Gasteiger partial charge in [0, 0.05) is 30.3 Å². The summed E-state index contributed by atoms with van der Waals surface area (Å²) < 4.78 is 6.35. The van der Waals surface area contributed by atoms with E-state index in [9.17, 15) is 19.8 Å². The second kappa shape index (κ2) is 11.4. The van der Waals surface area contributed by atoms with Crippen LogP contribution in [0.15, 0.2) is 97.1 Å². The van der Waals surface area contributed by atoms with Gasteiger partial charge in [-0.05, 0) is 31.0 Å². The molecule has 0 aliphatic rings. The highest BCUT2D eigenvalue weighted by Crippen LogP contribution is 2.36. The molecule has 8 heteroatoms. The van der Waals surface area contributed by atoms with E-state index in [1.807, 2.05) is 54.6 Å². The topological polar surface area (TPSA) is 98.0 Å². The van der Waals surface area contributed by atoms with Gasteiger partial charge in [0.05, 0.1) is 0 Å². The number of aromatic nitrogens is 1. The number of benzene rings is 3. The third kappa shape index (κ3) is 6.08. The number of esters is 1. The van der Waals surface area contributed by atoms with Gasteiger partial charge in [0.15, 0.2) is 0 Å². The largest absolute Gasteiger partial charge is 0.492 e. The van der Waals surface area contributed by atoms with Crippen molar-refractivity contribution in [1.82, 2.24) is 4.73 Å². The molecule has 0 unspecified atom stereocenters. The molecule has 1 aromatic heterocycles. The Balaban J connectivity index is 1.44. The molecule has 0 amide bonds. The number of nitrogens with zero attached hydrogens (tertiary/aromatic N) is 1.